The lowest BCUT2D eigenvalue weighted by molar-refractivity contribution is -0.0485. The molecule has 7 heteroatoms. The number of likely N-dealkylation sites (tertiary alicyclic amines) is 1. The number of rotatable bonds is 10. The van der Waals surface area contributed by atoms with Crippen LogP contribution in [0.2, 0.25) is 0 Å². The molecule has 47 heavy (non-hydrogen) atoms. The zero-order valence-corrected chi connectivity index (χ0v) is 29.8. The highest BCUT2D eigenvalue weighted by Crippen LogP contribution is 2.39. The largest absolute Gasteiger partial charge is 0.363 e. The van der Waals surface area contributed by atoms with Crippen molar-refractivity contribution in [2.45, 2.75) is 104 Å². The van der Waals surface area contributed by atoms with Gasteiger partial charge in [-0.25, -0.2) is 0 Å². The molecule has 3 aliphatic heterocycles. The molecule has 0 aliphatic carbocycles. The number of anilines is 1. The molecular weight excluding hydrogens is 580 g/mol. The Labute approximate surface area is 286 Å². The van der Waals surface area contributed by atoms with Gasteiger partial charge in [-0.05, 0) is 101 Å². The molecule has 2 aromatic carbocycles. The Morgan fingerprint density at radius 2 is 2.02 bits per heavy atom. The van der Waals surface area contributed by atoms with Crippen molar-refractivity contribution in [3.8, 4) is 0 Å². The number of amides is 1. The topological polar surface area (TPSA) is 72.3 Å². The first-order valence-corrected chi connectivity index (χ1v) is 17.5. The normalized spacial score (nSPS) is 24.1. The highest BCUT2D eigenvalue weighted by Gasteiger charge is 2.45. The zero-order chi connectivity index (χ0) is 34.1. The molecular formula is C40H60N6O. The highest BCUT2D eigenvalue weighted by atomic mass is 16.1. The zero-order valence-electron chi connectivity index (χ0n) is 29.8. The monoisotopic (exact) mass is 640 g/mol. The molecule has 5 rings (SSSR count). The predicted molar refractivity (Wildman–Crippen MR) is 204 cm³/mol. The van der Waals surface area contributed by atoms with Crippen LogP contribution in [0.3, 0.4) is 0 Å². The van der Waals surface area contributed by atoms with Crippen molar-refractivity contribution >= 4 is 23.6 Å². The van der Waals surface area contributed by atoms with Gasteiger partial charge in [0, 0.05) is 39.8 Å². The Bertz CT molecular complexity index is 1530. The summed E-state index contributed by atoms with van der Waals surface area (Å²) in [5, 5.41) is 6.59. The van der Waals surface area contributed by atoms with Crippen LogP contribution in [-0.2, 0) is 6.54 Å². The third-order valence-corrected chi connectivity index (χ3v) is 9.76. The maximum absolute atomic E-state index is 13.3. The molecule has 0 radical (unpaired) electrons. The van der Waals surface area contributed by atoms with E-state index < -0.39 is 0 Å². The van der Waals surface area contributed by atoms with E-state index in [0.29, 0.717) is 11.6 Å². The highest BCUT2D eigenvalue weighted by molar-refractivity contribution is 6.30. The number of aliphatic imine (C=N–C) groups is 2. The van der Waals surface area contributed by atoms with Gasteiger partial charge >= 0.3 is 0 Å². The second-order valence-corrected chi connectivity index (χ2v) is 13.2. The predicted octanol–water partition coefficient (Wildman–Crippen LogP) is 8.75. The molecule has 2 bridgehead atoms. The second-order valence-electron chi connectivity index (χ2n) is 13.2. The molecule has 4 atom stereocenters. The van der Waals surface area contributed by atoms with Gasteiger partial charge in [0.15, 0.2) is 0 Å². The second kappa shape index (κ2) is 16.3. The van der Waals surface area contributed by atoms with Crippen LogP contribution in [0.15, 0.2) is 89.0 Å². The Hall–Kier alpha value is -3.81. The van der Waals surface area contributed by atoms with Gasteiger partial charge in [0.25, 0.3) is 5.91 Å². The maximum Gasteiger partial charge on any atom is 0.255 e. The van der Waals surface area contributed by atoms with Gasteiger partial charge in [-0.15, -0.1) is 6.58 Å². The standard InChI is InChI=1S/C38H50N6O.C2H6.2H2/c1-8-26(3)15-18-35-29(6)41-36(22-39-35)40-28(5)30-12-10-13-33(21-30)42-37(45)31-16-17-32(27(4)20-31)23-44-34-14-11-19-38(44,9-2)25-43(7)24-34;1-2;;/h9-10,12-13,16-18,20-22,28-29,34H,2-3,8,11,14-15,19,23-25H2,1,4-7H3,(H,40,41)(H,42,45);1-2H3;2*1H/b35-18+;;;/t28-,29?,34-,38+;;;/m0.../s1. The summed E-state index contributed by atoms with van der Waals surface area (Å²) in [7, 11) is 2.22. The number of hydrogen-bond donors (Lipinski definition) is 2. The van der Waals surface area contributed by atoms with Gasteiger partial charge in [-0.2, -0.15) is 0 Å². The van der Waals surface area contributed by atoms with Crippen LogP contribution in [-0.4, -0.2) is 65.5 Å². The SMILES string of the molecule is C=C[C@@]12CCC[C@@H](CN(C)C1)N2Cc1ccc(C(=O)Nc2cccc([C@H](C)NC3=NC(C)/C(=C\CC(=C)CC)N=C3)c2)cc1C.CC.[HH].[HH]. The minimum Gasteiger partial charge on any atom is -0.363 e. The summed E-state index contributed by atoms with van der Waals surface area (Å²) in [5.74, 6) is 0.648. The molecule has 2 fully saturated rings. The van der Waals surface area contributed by atoms with Crippen LogP contribution in [0.4, 0.5) is 5.69 Å². The molecule has 0 saturated carbocycles. The molecule has 3 aliphatic rings. The van der Waals surface area contributed by atoms with Crippen LogP contribution in [0.1, 0.15) is 103 Å². The van der Waals surface area contributed by atoms with Crippen molar-refractivity contribution in [3.63, 3.8) is 0 Å². The summed E-state index contributed by atoms with van der Waals surface area (Å²) in [4.78, 5) is 27.9. The third kappa shape index (κ3) is 8.76. The Morgan fingerprint density at radius 1 is 1.23 bits per heavy atom. The van der Waals surface area contributed by atoms with Crippen LogP contribution in [0.25, 0.3) is 0 Å². The van der Waals surface area contributed by atoms with E-state index in [4.69, 9.17) is 4.99 Å². The fourth-order valence-corrected chi connectivity index (χ4v) is 6.96. The van der Waals surface area contributed by atoms with E-state index in [-0.39, 0.29) is 26.4 Å². The maximum atomic E-state index is 13.3. The Morgan fingerprint density at radius 3 is 2.72 bits per heavy atom. The fourth-order valence-electron chi connectivity index (χ4n) is 6.96. The van der Waals surface area contributed by atoms with Crippen molar-refractivity contribution in [2.75, 3.05) is 25.5 Å². The average molecular weight is 641 g/mol. The van der Waals surface area contributed by atoms with Gasteiger partial charge in [0.1, 0.15) is 5.84 Å². The molecule has 7 nitrogen and oxygen atoms in total. The molecule has 2 aromatic rings. The summed E-state index contributed by atoms with van der Waals surface area (Å²) < 4.78 is 0. The van der Waals surface area contributed by atoms with Crippen molar-refractivity contribution in [3.05, 3.63) is 101 Å². The summed E-state index contributed by atoms with van der Waals surface area (Å²) in [6.45, 7) is 23.7. The number of fused-ring (bicyclic) bond motifs is 2. The van der Waals surface area contributed by atoms with Crippen molar-refractivity contribution in [2.24, 2.45) is 9.98 Å². The fraction of sp³-hybridized carbons (Fsp3) is 0.475. The summed E-state index contributed by atoms with van der Waals surface area (Å²) >= 11 is 0. The summed E-state index contributed by atoms with van der Waals surface area (Å²) in [5.41, 5.74) is 7.08. The molecule has 1 amide bonds. The first kappa shape index (κ1) is 36.0. The number of hydrogen-bond acceptors (Lipinski definition) is 6. The lowest BCUT2D eigenvalue weighted by Crippen LogP contribution is -2.66. The number of allylic oxidation sites excluding steroid dienone is 2. The number of nitrogens with zero attached hydrogens (tertiary/aromatic N) is 4. The molecule has 2 saturated heterocycles. The van der Waals surface area contributed by atoms with E-state index in [0.717, 1.165) is 67.2 Å². The van der Waals surface area contributed by atoms with Crippen molar-refractivity contribution in [1.82, 2.24) is 15.1 Å². The Balaban J connectivity index is 0.00000205. The molecule has 0 spiro atoms. The molecule has 1 unspecified atom stereocenters. The smallest absolute Gasteiger partial charge is 0.255 e. The summed E-state index contributed by atoms with van der Waals surface area (Å²) in [6, 6.07) is 14.6. The first-order valence-electron chi connectivity index (χ1n) is 17.5. The van der Waals surface area contributed by atoms with Crippen LogP contribution in [0, 0.1) is 6.92 Å². The van der Waals surface area contributed by atoms with Crippen molar-refractivity contribution < 1.29 is 7.65 Å². The number of benzene rings is 2. The molecule has 256 valence electrons. The first-order chi connectivity index (χ1) is 22.6. The van der Waals surface area contributed by atoms with Crippen LogP contribution < -0.4 is 10.6 Å². The summed E-state index contributed by atoms with van der Waals surface area (Å²) in [6.07, 6.45) is 11.5. The van der Waals surface area contributed by atoms with Crippen LogP contribution in [0.5, 0.6) is 0 Å². The number of aryl methyl sites for hydroxylation is 1. The van der Waals surface area contributed by atoms with Gasteiger partial charge in [0.2, 0.25) is 0 Å². The quantitative estimate of drug-likeness (QED) is 0.255. The molecule has 0 aromatic heterocycles. The number of amidine groups is 1. The number of piperazine rings is 1. The number of carbonyl (C=O) groups excluding carboxylic acids is 1. The Kier molecular flexibility index (Phi) is 12.5. The van der Waals surface area contributed by atoms with E-state index in [1.807, 2.05) is 44.2 Å². The molecule has 2 N–H and O–H groups in total. The van der Waals surface area contributed by atoms with E-state index in [1.165, 1.54) is 24.0 Å². The third-order valence-electron chi connectivity index (χ3n) is 9.76. The van der Waals surface area contributed by atoms with Crippen LogP contribution >= 0.6 is 0 Å². The number of piperidine rings is 1. The number of nitrogens with one attached hydrogen (secondary N) is 2. The van der Waals surface area contributed by atoms with E-state index in [2.05, 4.69) is 97.6 Å². The van der Waals surface area contributed by atoms with Gasteiger partial charge in [-0.3, -0.25) is 19.7 Å². The lowest BCUT2D eigenvalue weighted by atomic mass is 9.79. The minimum atomic E-state index is -0.107. The van der Waals surface area contributed by atoms with Gasteiger partial charge < -0.3 is 15.5 Å². The molecule has 3 heterocycles. The van der Waals surface area contributed by atoms with E-state index in [9.17, 15) is 4.79 Å². The van der Waals surface area contributed by atoms with Gasteiger partial charge in [-0.1, -0.05) is 63.3 Å². The average Bonchev–Trinajstić information content (AvgIpc) is 3.06. The number of carbonyl (C=O) groups is 1. The lowest BCUT2D eigenvalue weighted by Gasteiger charge is -2.56. The van der Waals surface area contributed by atoms with E-state index >= 15 is 0 Å². The van der Waals surface area contributed by atoms with E-state index in [1.54, 1.807) is 6.21 Å². The van der Waals surface area contributed by atoms with Crippen molar-refractivity contribution in [1.29, 1.82) is 0 Å². The minimum absolute atomic E-state index is 0. The number of likely N-dealkylation sites (N-methyl/N-ethyl adjacent to an activating group) is 1. The van der Waals surface area contributed by atoms with Gasteiger partial charge in [0.05, 0.1) is 29.5 Å².